The molecule has 0 radical (unpaired) electrons. The van der Waals surface area contributed by atoms with Gasteiger partial charge in [0, 0.05) is 18.3 Å². The van der Waals surface area contributed by atoms with E-state index in [4.69, 9.17) is 0 Å². The lowest BCUT2D eigenvalue weighted by molar-refractivity contribution is 0.532. The first-order valence-corrected chi connectivity index (χ1v) is 5.44. The van der Waals surface area contributed by atoms with Crippen molar-refractivity contribution in [2.75, 3.05) is 5.32 Å². The van der Waals surface area contributed by atoms with Crippen LogP contribution in [0, 0.1) is 6.92 Å². The number of nitrogens with one attached hydrogen (secondary N) is 2. The van der Waals surface area contributed by atoms with E-state index in [1.165, 1.54) is 6.07 Å². The van der Waals surface area contributed by atoms with Gasteiger partial charge in [0.2, 0.25) is 0 Å². The van der Waals surface area contributed by atoms with Gasteiger partial charge in [-0.25, -0.2) is 4.98 Å². The first kappa shape index (κ1) is 11.4. The number of rotatable bonds is 3. The smallest absolute Gasteiger partial charge is 0.252 e. The molecule has 0 saturated heterocycles. The van der Waals surface area contributed by atoms with E-state index in [0.717, 1.165) is 5.69 Å². The van der Waals surface area contributed by atoms with Crippen LogP contribution in [0.1, 0.15) is 25.7 Å². The predicted molar refractivity (Wildman–Crippen MR) is 65.5 cm³/mol. The molecule has 0 aliphatic carbocycles. The third kappa shape index (κ3) is 2.72. The van der Waals surface area contributed by atoms with E-state index in [-0.39, 0.29) is 5.56 Å². The Balaban J connectivity index is 2.22. The highest BCUT2D eigenvalue weighted by molar-refractivity contribution is 5.53. The predicted octanol–water partition coefficient (Wildman–Crippen LogP) is 1.60. The number of hydrogen-bond acceptors (Lipinski definition) is 4. The fourth-order valence-electron chi connectivity index (χ4n) is 1.48. The summed E-state index contributed by atoms with van der Waals surface area (Å²) in [7, 11) is 0. The first-order chi connectivity index (χ1) is 8.04. The van der Waals surface area contributed by atoms with E-state index in [2.05, 4.69) is 20.4 Å². The summed E-state index contributed by atoms with van der Waals surface area (Å²) in [4.78, 5) is 18.0. The van der Waals surface area contributed by atoms with Crippen LogP contribution in [0.15, 0.2) is 23.3 Å². The molecule has 0 aliphatic rings. The average molecular weight is 233 g/mol. The number of H-pyrrole nitrogens is 1. The topological polar surface area (TPSA) is 75.6 Å². The van der Waals surface area contributed by atoms with Gasteiger partial charge in [0.25, 0.3) is 5.56 Å². The highest BCUT2D eigenvalue weighted by Gasteiger charge is 2.03. The van der Waals surface area contributed by atoms with E-state index in [1.54, 1.807) is 13.1 Å². The van der Waals surface area contributed by atoms with Crippen molar-refractivity contribution in [2.24, 2.45) is 0 Å². The number of hydrogen-bond donors (Lipinski definition) is 2. The average Bonchev–Trinajstić information content (AvgIpc) is 2.64. The van der Waals surface area contributed by atoms with Crippen molar-refractivity contribution in [3.63, 3.8) is 0 Å². The van der Waals surface area contributed by atoms with Crippen LogP contribution in [0.25, 0.3) is 0 Å². The zero-order valence-electron chi connectivity index (χ0n) is 10.1. The molecular formula is C11H15N5O. The van der Waals surface area contributed by atoms with Crippen molar-refractivity contribution in [2.45, 2.75) is 26.8 Å². The normalized spacial score (nSPS) is 10.8. The Labute approximate surface area is 98.7 Å². The standard InChI is InChI=1S/C11H15N5O/c1-7(2)16-6-9(5-12-16)15-10-4-11(17)14-8(3)13-10/h4-7H,1-3H3,(H2,13,14,15,17). The van der Waals surface area contributed by atoms with Gasteiger partial charge in [-0.1, -0.05) is 0 Å². The quantitative estimate of drug-likeness (QED) is 0.844. The molecule has 0 atom stereocenters. The van der Waals surface area contributed by atoms with E-state index in [0.29, 0.717) is 17.7 Å². The molecule has 0 unspecified atom stereocenters. The molecule has 17 heavy (non-hydrogen) atoms. The summed E-state index contributed by atoms with van der Waals surface area (Å²) in [6, 6.07) is 1.72. The monoisotopic (exact) mass is 233 g/mol. The molecule has 0 aromatic carbocycles. The van der Waals surface area contributed by atoms with Gasteiger partial charge in [0.15, 0.2) is 0 Å². The summed E-state index contributed by atoms with van der Waals surface area (Å²) in [5.74, 6) is 1.10. The lowest BCUT2D eigenvalue weighted by atomic mass is 10.4. The maximum absolute atomic E-state index is 11.3. The molecule has 6 nitrogen and oxygen atoms in total. The molecule has 0 amide bonds. The Kier molecular flexibility index (Phi) is 2.95. The van der Waals surface area contributed by atoms with Crippen molar-refractivity contribution in [3.8, 4) is 0 Å². The summed E-state index contributed by atoms with van der Waals surface area (Å²) in [5.41, 5.74) is 0.646. The second-order valence-electron chi connectivity index (χ2n) is 4.14. The van der Waals surface area contributed by atoms with Gasteiger partial charge in [-0.05, 0) is 20.8 Å². The summed E-state index contributed by atoms with van der Waals surface area (Å²) < 4.78 is 1.84. The molecule has 0 aliphatic heterocycles. The van der Waals surface area contributed by atoms with Crippen LogP contribution in [-0.2, 0) is 0 Å². The number of aryl methyl sites for hydroxylation is 1. The largest absolute Gasteiger partial charge is 0.337 e. The molecule has 2 rings (SSSR count). The molecular weight excluding hydrogens is 218 g/mol. The minimum Gasteiger partial charge on any atom is -0.337 e. The van der Waals surface area contributed by atoms with E-state index >= 15 is 0 Å². The van der Waals surface area contributed by atoms with Gasteiger partial charge < -0.3 is 10.3 Å². The zero-order valence-corrected chi connectivity index (χ0v) is 10.1. The Morgan fingerprint density at radius 2 is 2.24 bits per heavy atom. The first-order valence-electron chi connectivity index (χ1n) is 5.44. The Hall–Kier alpha value is -2.11. The number of aromatic amines is 1. The van der Waals surface area contributed by atoms with Gasteiger partial charge in [-0.15, -0.1) is 0 Å². The van der Waals surface area contributed by atoms with Gasteiger partial charge in [-0.3, -0.25) is 9.48 Å². The van der Waals surface area contributed by atoms with Crippen molar-refractivity contribution in [1.29, 1.82) is 0 Å². The molecule has 0 saturated carbocycles. The van der Waals surface area contributed by atoms with E-state index in [9.17, 15) is 4.79 Å². The van der Waals surface area contributed by atoms with Gasteiger partial charge in [0.05, 0.1) is 11.9 Å². The lowest BCUT2D eigenvalue weighted by Gasteiger charge is -2.04. The summed E-state index contributed by atoms with van der Waals surface area (Å²) in [6.45, 7) is 5.84. The second-order valence-corrected chi connectivity index (χ2v) is 4.14. The molecule has 2 N–H and O–H groups in total. The zero-order chi connectivity index (χ0) is 12.4. The number of aromatic nitrogens is 4. The maximum Gasteiger partial charge on any atom is 0.252 e. The van der Waals surface area contributed by atoms with Crippen LogP contribution in [0.2, 0.25) is 0 Å². The highest BCUT2D eigenvalue weighted by atomic mass is 16.1. The molecule has 90 valence electrons. The van der Waals surface area contributed by atoms with Crippen molar-refractivity contribution in [3.05, 3.63) is 34.6 Å². The molecule has 0 bridgehead atoms. The minimum absolute atomic E-state index is 0.170. The van der Waals surface area contributed by atoms with Crippen molar-refractivity contribution >= 4 is 11.5 Å². The molecule has 2 heterocycles. The van der Waals surface area contributed by atoms with Crippen LogP contribution < -0.4 is 10.9 Å². The van der Waals surface area contributed by atoms with Crippen LogP contribution in [0.4, 0.5) is 11.5 Å². The molecule has 0 spiro atoms. The molecule has 0 fully saturated rings. The van der Waals surface area contributed by atoms with Crippen molar-refractivity contribution < 1.29 is 0 Å². The van der Waals surface area contributed by atoms with Crippen LogP contribution >= 0.6 is 0 Å². The molecule has 2 aromatic heterocycles. The third-order valence-electron chi connectivity index (χ3n) is 2.26. The van der Waals surface area contributed by atoms with Crippen LogP contribution in [0.3, 0.4) is 0 Å². The van der Waals surface area contributed by atoms with Gasteiger partial charge in [0.1, 0.15) is 11.6 Å². The number of nitrogens with zero attached hydrogens (tertiary/aromatic N) is 3. The van der Waals surface area contributed by atoms with Gasteiger partial charge in [-0.2, -0.15) is 5.10 Å². The van der Waals surface area contributed by atoms with Crippen LogP contribution in [0.5, 0.6) is 0 Å². The van der Waals surface area contributed by atoms with E-state index in [1.807, 2.05) is 24.7 Å². The minimum atomic E-state index is -0.170. The lowest BCUT2D eigenvalue weighted by Crippen LogP contribution is -2.09. The Morgan fingerprint density at radius 1 is 1.47 bits per heavy atom. The SMILES string of the molecule is Cc1nc(Nc2cnn(C(C)C)c2)cc(=O)[nH]1. The summed E-state index contributed by atoms with van der Waals surface area (Å²) >= 11 is 0. The second kappa shape index (κ2) is 4.40. The number of anilines is 2. The maximum atomic E-state index is 11.3. The summed E-state index contributed by atoms with van der Waals surface area (Å²) in [5, 5.41) is 7.24. The van der Waals surface area contributed by atoms with Crippen molar-refractivity contribution in [1.82, 2.24) is 19.7 Å². The highest BCUT2D eigenvalue weighted by Crippen LogP contribution is 2.14. The molecule has 6 heteroatoms. The Bertz CT molecular complexity index is 569. The van der Waals surface area contributed by atoms with Gasteiger partial charge >= 0.3 is 0 Å². The third-order valence-corrected chi connectivity index (χ3v) is 2.26. The van der Waals surface area contributed by atoms with Crippen LogP contribution in [-0.4, -0.2) is 19.7 Å². The summed E-state index contributed by atoms with van der Waals surface area (Å²) in [6.07, 6.45) is 3.58. The fraction of sp³-hybridized carbons (Fsp3) is 0.364. The molecule has 2 aromatic rings. The Morgan fingerprint density at radius 3 is 2.82 bits per heavy atom. The van der Waals surface area contributed by atoms with E-state index < -0.39 is 0 Å². The fourth-order valence-corrected chi connectivity index (χ4v) is 1.48.